The molecule has 0 aliphatic carbocycles. The van der Waals surface area contributed by atoms with Gasteiger partial charge in [-0.15, -0.1) is 0 Å². The standard InChI is InChI=1S/C7H13N2/c1-2-7(8)9-5-3-4-6-9/h3,8H,2,4-6H2,1H3. The lowest BCUT2D eigenvalue weighted by atomic mass is 10.4. The van der Waals surface area contributed by atoms with Crippen molar-refractivity contribution in [3.8, 4) is 0 Å². The van der Waals surface area contributed by atoms with Crippen LogP contribution < -0.4 is 0 Å². The lowest BCUT2D eigenvalue weighted by Crippen LogP contribution is -2.25. The van der Waals surface area contributed by atoms with Crippen molar-refractivity contribution in [3.63, 3.8) is 0 Å². The van der Waals surface area contributed by atoms with Gasteiger partial charge in [0.1, 0.15) is 0 Å². The Balaban J connectivity index is 2.32. The number of likely N-dealkylation sites (tertiary alicyclic amines) is 1. The molecular weight excluding hydrogens is 112 g/mol. The fraction of sp³-hybridized carbons (Fsp3) is 0.714. The molecule has 0 unspecified atom stereocenters. The van der Waals surface area contributed by atoms with E-state index in [2.05, 4.69) is 11.3 Å². The number of nitrogens with one attached hydrogen (secondary N) is 1. The highest BCUT2D eigenvalue weighted by molar-refractivity contribution is 5.79. The highest BCUT2D eigenvalue weighted by Crippen LogP contribution is 2.07. The smallest absolute Gasteiger partial charge is 0.0954 e. The molecule has 0 atom stereocenters. The second kappa shape index (κ2) is 2.85. The Morgan fingerprint density at radius 2 is 2.56 bits per heavy atom. The molecular formula is C7H13N2. The minimum absolute atomic E-state index is 0.781. The molecule has 2 nitrogen and oxygen atoms in total. The third kappa shape index (κ3) is 1.44. The van der Waals surface area contributed by atoms with Crippen molar-refractivity contribution in [1.29, 1.82) is 5.41 Å². The van der Waals surface area contributed by atoms with E-state index in [-0.39, 0.29) is 0 Å². The Morgan fingerprint density at radius 1 is 1.78 bits per heavy atom. The monoisotopic (exact) mass is 125 g/mol. The van der Waals surface area contributed by atoms with Gasteiger partial charge in [-0.05, 0) is 12.8 Å². The zero-order valence-electron chi connectivity index (χ0n) is 5.85. The van der Waals surface area contributed by atoms with Crippen LogP contribution >= 0.6 is 0 Å². The Bertz CT molecular complexity index is 103. The predicted molar refractivity (Wildman–Crippen MR) is 38.5 cm³/mol. The van der Waals surface area contributed by atoms with Crippen molar-refractivity contribution >= 4 is 5.84 Å². The third-order valence-electron chi connectivity index (χ3n) is 1.67. The van der Waals surface area contributed by atoms with Gasteiger partial charge in [-0.3, -0.25) is 5.41 Å². The highest BCUT2D eigenvalue weighted by atomic mass is 15.2. The highest BCUT2D eigenvalue weighted by Gasteiger charge is 2.12. The van der Waals surface area contributed by atoms with Crippen LogP contribution in [-0.4, -0.2) is 23.8 Å². The maximum atomic E-state index is 7.44. The van der Waals surface area contributed by atoms with Crippen LogP contribution in [-0.2, 0) is 0 Å². The summed E-state index contributed by atoms with van der Waals surface area (Å²) in [5.41, 5.74) is 0. The van der Waals surface area contributed by atoms with Gasteiger partial charge in [0.15, 0.2) is 0 Å². The van der Waals surface area contributed by atoms with Crippen LogP contribution in [0.4, 0.5) is 0 Å². The van der Waals surface area contributed by atoms with Gasteiger partial charge in [0.25, 0.3) is 0 Å². The fourth-order valence-electron chi connectivity index (χ4n) is 1.05. The quantitative estimate of drug-likeness (QED) is 0.415. The van der Waals surface area contributed by atoms with E-state index in [0.29, 0.717) is 0 Å². The Hall–Kier alpha value is -0.530. The first-order valence-corrected chi connectivity index (χ1v) is 3.48. The average molecular weight is 125 g/mol. The minimum atomic E-state index is 0.781. The SMILES string of the molecule is CCC(=N)N1C[CH]CC1. The van der Waals surface area contributed by atoms with E-state index in [1.807, 2.05) is 6.92 Å². The van der Waals surface area contributed by atoms with Gasteiger partial charge < -0.3 is 4.90 Å². The topological polar surface area (TPSA) is 27.1 Å². The maximum absolute atomic E-state index is 7.44. The molecule has 0 aromatic rings. The van der Waals surface area contributed by atoms with Crippen LogP contribution in [0.3, 0.4) is 0 Å². The van der Waals surface area contributed by atoms with Gasteiger partial charge in [-0.25, -0.2) is 0 Å². The first-order valence-electron chi connectivity index (χ1n) is 3.48. The molecule has 0 bridgehead atoms. The number of rotatable bonds is 1. The van der Waals surface area contributed by atoms with Crippen molar-refractivity contribution in [3.05, 3.63) is 6.42 Å². The molecule has 2 heteroatoms. The Kier molecular flexibility index (Phi) is 2.09. The third-order valence-corrected chi connectivity index (χ3v) is 1.67. The zero-order chi connectivity index (χ0) is 6.69. The normalized spacial score (nSPS) is 18.6. The summed E-state index contributed by atoms with van der Waals surface area (Å²) >= 11 is 0. The van der Waals surface area contributed by atoms with Gasteiger partial charge in [0.05, 0.1) is 5.84 Å². The molecule has 1 rings (SSSR count). The van der Waals surface area contributed by atoms with E-state index >= 15 is 0 Å². The van der Waals surface area contributed by atoms with Gasteiger partial charge in [0, 0.05) is 19.5 Å². The molecule has 1 heterocycles. The first-order chi connectivity index (χ1) is 4.34. The molecule has 1 aliphatic rings. The largest absolute Gasteiger partial charge is 0.360 e. The van der Waals surface area contributed by atoms with Crippen LogP contribution in [0, 0.1) is 11.8 Å². The van der Waals surface area contributed by atoms with Crippen LogP contribution in [0.25, 0.3) is 0 Å². The summed E-state index contributed by atoms with van der Waals surface area (Å²) in [5.74, 6) is 0.781. The molecule has 1 aliphatic heterocycles. The molecule has 51 valence electrons. The van der Waals surface area contributed by atoms with E-state index in [0.717, 1.165) is 31.8 Å². The summed E-state index contributed by atoms with van der Waals surface area (Å²) in [4.78, 5) is 2.11. The molecule has 0 aromatic heterocycles. The lowest BCUT2D eigenvalue weighted by molar-refractivity contribution is 0.512. The molecule has 1 saturated heterocycles. The molecule has 1 radical (unpaired) electrons. The second-order valence-electron chi connectivity index (χ2n) is 2.32. The molecule has 1 fully saturated rings. The van der Waals surface area contributed by atoms with E-state index in [1.165, 1.54) is 0 Å². The lowest BCUT2D eigenvalue weighted by Gasteiger charge is -2.16. The first kappa shape index (κ1) is 6.59. The van der Waals surface area contributed by atoms with Crippen LogP contribution in [0.2, 0.25) is 0 Å². The summed E-state index contributed by atoms with van der Waals surface area (Å²) in [5, 5.41) is 7.44. The molecule has 0 aromatic carbocycles. The van der Waals surface area contributed by atoms with E-state index in [1.54, 1.807) is 0 Å². The molecule has 9 heavy (non-hydrogen) atoms. The summed E-state index contributed by atoms with van der Waals surface area (Å²) < 4.78 is 0. The number of hydrogen-bond donors (Lipinski definition) is 1. The van der Waals surface area contributed by atoms with Crippen molar-refractivity contribution < 1.29 is 0 Å². The second-order valence-corrected chi connectivity index (χ2v) is 2.32. The number of nitrogens with zero attached hydrogens (tertiary/aromatic N) is 1. The van der Waals surface area contributed by atoms with E-state index < -0.39 is 0 Å². The fourth-order valence-corrected chi connectivity index (χ4v) is 1.05. The van der Waals surface area contributed by atoms with Gasteiger partial charge in [-0.1, -0.05) is 6.92 Å². The molecule has 1 N–H and O–H groups in total. The number of hydrogen-bond acceptors (Lipinski definition) is 1. The maximum Gasteiger partial charge on any atom is 0.0954 e. The van der Waals surface area contributed by atoms with E-state index in [4.69, 9.17) is 5.41 Å². The van der Waals surface area contributed by atoms with Crippen LogP contribution in [0.5, 0.6) is 0 Å². The summed E-state index contributed by atoms with van der Waals surface area (Å²) in [7, 11) is 0. The van der Waals surface area contributed by atoms with Gasteiger partial charge in [0.2, 0.25) is 0 Å². The zero-order valence-corrected chi connectivity index (χ0v) is 5.85. The summed E-state index contributed by atoms with van der Waals surface area (Å²) in [6, 6.07) is 0. The Morgan fingerprint density at radius 3 is 3.00 bits per heavy atom. The molecule has 0 amide bonds. The van der Waals surface area contributed by atoms with Crippen LogP contribution in [0.15, 0.2) is 0 Å². The van der Waals surface area contributed by atoms with Crippen molar-refractivity contribution in [2.24, 2.45) is 0 Å². The number of amidine groups is 1. The predicted octanol–water partition coefficient (Wildman–Crippen LogP) is 1.28. The van der Waals surface area contributed by atoms with Crippen molar-refractivity contribution in [1.82, 2.24) is 4.90 Å². The Labute approximate surface area is 56.4 Å². The van der Waals surface area contributed by atoms with Crippen molar-refractivity contribution in [2.45, 2.75) is 19.8 Å². The van der Waals surface area contributed by atoms with Crippen LogP contribution in [0.1, 0.15) is 19.8 Å². The molecule has 0 saturated carbocycles. The average Bonchev–Trinajstić information content (AvgIpc) is 2.37. The van der Waals surface area contributed by atoms with Crippen molar-refractivity contribution in [2.75, 3.05) is 13.1 Å². The minimum Gasteiger partial charge on any atom is -0.360 e. The summed E-state index contributed by atoms with van der Waals surface area (Å²) in [6.45, 7) is 4.08. The van der Waals surface area contributed by atoms with E-state index in [9.17, 15) is 0 Å². The molecule has 0 spiro atoms. The summed E-state index contributed by atoms with van der Waals surface area (Å²) in [6.07, 6.45) is 4.25. The van der Waals surface area contributed by atoms with Gasteiger partial charge in [-0.2, -0.15) is 0 Å². The van der Waals surface area contributed by atoms with Gasteiger partial charge >= 0.3 is 0 Å².